The standard InChI is InChI=1S/C24H23ClFN5/c1-16-21(18-6-7-23(26)22(25)13-18)15-31-24(28-16)20(14-27-31)17-4-3-5-19(12-17)30-10-8-29(2)9-11-30/h3-7,12-15H,8-11H2,1-2H3. The molecule has 2 aromatic carbocycles. The molecule has 7 heteroatoms. The van der Waals surface area contributed by atoms with Crippen LogP contribution in [0.3, 0.4) is 0 Å². The van der Waals surface area contributed by atoms with Crippen LogP contribution in [-0.4, -0.2) is 52.7 Å². The minimum atomic E-state index is -0.432. The predicted molar refractivity (Wildman–Crippen MR) is 123 cm³/mol. The molecule has 0 saturated carbocycles. The zero-order valence-electron chi connectivity index (χ0n) is 17.5. The fourth-order valence-electron chi connectivity index (χ4n) is 4.08. The smallest absolute Gasteiger partial charge is 0.163 e. The molecule has 3 heterocycles. The maximum absolute atomic E-state index is 13.6. The van der Waals surface area contributed by atoms with Crippen molar-refractivity contribution >= 4 is 22.9 Å². The molecule has 158 valence electrons. The van der Waals surface area contributed by atoms with E-state index >= 15 is 0 Å². The first-order valence-electron chi connectivity index (χ1n) is 10.3. The molecule has 0 atom stereocenters. The average Bonchev–Trinajstić information content (AvgIpc) is 3.18. The van der Waals surface area contributed by atoms with Crippen molar-refractivity contribution in [2.45, 2.75) is 6.92 Å². The van der Waals surface area contributed by atoms with Crippen LogP contribution in [0.5, 0.6) is 0 Å². The van der Waals surface area contributed by atoms with Gasteiger partial charge in [0.25, 0.3) is 0 Å². The first-order chi connectivity index (χ1) is 15.0. The van der Waals surface area contributed by atoms with Gasteiger partial charge >= 0.3 is 0 Å². The molecule has 1 fully saturated rings. The number of rotatable bonds is 3. The third-order valence-corrected chi connectivity index (χ3v) is 6.23. The van der Waals surface area contributed by atoms with E-state index in [0.717, 1.165) is 59.8 Å². The Morgan fingerprint density at radius 3 is 2.52 bits per heavy atom. The second kappa shape index (κ2) is 7.94. The van der Waals surface area contributed by atoms with Crippen LogP contribution in [0, 0.1) is 12.7 Å². The number of piperazine rings is 1. The summed E-state index contributed by atoms with van der Waals surface area (Å²) in [5.41, 5.74) is 6.62. The van der Waals surface area contributed by atoms with Crippen molar-refractivity contribution in [2.24, 2.45) is 0 Å². The summed E-state index contributed by atoms with van der Waals surface area (Å²) in [6.45, 7) is 6.13. The molecule has 31 heavy (non-hydrogen) atoms. The van der Waals surface area contributed by atoms with E-state index in [1.807, 2.05) is 19.3 Å². The number of nitrogens with zero attached hydrogens (tertiary/aromatic N) is 5. The monoisotopic (exact) mass is 435 g/mol. The van der Waals surface area contributed by atoms with Crippen LogP contribution in [-0.2, 0) is 0 Å². The Balaban J connectivity index is 1.52. The molecule has 4 aromatic rings. The highest BCUT2D eigenvalue weighted by Crippen LogP contribution is 2.31. The van der Waals surface area contributed by atoms with Gasteiger partial charge in [-0.3, -0.25) is 0 Å². The van der Waals surface area contributed by atoms with Crippen LogP contribution in [0.25, 0.3) is 27.9 Å². The fourth-order valence-corrected chi connectivity index (χ4v) is 4.26. The number of likely N-dealkylation sites (N-methyl/N-ethyl adjacent to an activating group) is 1. The fraction of sp³-hybridized carbons (Fsp3) is 0.250. The summed E-state index contributed by atoms with van der Waals surface area (Å²) in [6, 6.07) is 13.3. The van der Waals surface area contributed by atoms with E-state index in [2.05, 4.69) is 46.2 Å². The highest BCUT2D eigenvalue weighted by Gasteiger charge is 2.17. The summed E-state index contributed by atoms with van der Waals surface area (Å²) >= 11 is 5.98. The Kier molecular flexibility index (Phi) is 5.12. The SMILES string of the molecule is Cc1nc2c(-c3cccc(N4CCN(C)CC4)c3)cnn2cc1-c1ccc(F)c(Cl)c1. The topological polar surface area (TPSA) is 36.7 Å². The van der Waals surface area contributed by atoms with Crippen LogP contribution in [0.2, 0.25) is 5.02 Å². The van der Waals surface area contributed by atoms with Crippen LogP contribution in [0.4, 0.5) is 10.1 Å². The van der Waals surface area contributed by atoms with Crippen LogP contribution < -0.4 is 4.90 Å². The van der Waals surface area contributed by atoms with E-state index in [4.69, 9.17) is 16.6 Å². The predicted octanol–water partition coefficient (Wildman–Crippen LogP) is 4.92. The molecule has 0 aliphatic carbocycles. The molecule has 0 unspecified atom stereocenters. The number of hydrogen-bond acceptors (Lipinski definition) is 4. The second-order valence-corrected chi connectivity index (χ2v) is 8.44. The molecular formula is C24H23ClFN5. The minimum Gasteiger partial charge on any atom is -0.369 e. The quantitative estimate of drug-likeness (QED) is 0.458. The van der Waals surface area contributed by atoms with Gasteiger partial charge in [-0.15, -0.1) is 0 Å². The van der Waals surface area contributed by atoms with Gasteiger partial charge in [0.2, 0.25) is 0 Å². The van der Waals surface area contributed by atoms with Crippen molar-refractivity contribution in [3.05, 3.63) is 71.4 Å². The number of aryl methyl sites for hydroxylation is 1. The summed E-state index contributed by atoms with van der Waals surface area (Å²) in [6.07, 6.45) is 3.78. The zero-order chi connectivity index (χ0) is 21.5. The number of anilines is 1. The highest BCUT2D eigenvalue weighted by atomic mass is 35.5. The van der Waals surface area contributed by atoms with E-state index in [-0.39, 0.29) is 5.02 Å². The van der Waals surface area contributed by atoms with Crippen LogP contribution in [0.1, 0.15) is 5.69 Å². The maximum Gasteiger partial charge on any atom is 0.163 e. The lowest BCUT2D eigenvalue weighted by Crippen LogP contribution is -2.44. The van der Waals surface area contributed by atoms with Crippen molar-refractivity contribution in [3.8, 4) is 22.3 Å². The Morgan fingerprint density at radius 2 is 1.74 bits per heavy atom. The van der Waals surface area contributed by atoms with Gasteiger partial charge in [0.1, 0.15) is 5.82 Å². The molecule has 0 bridgehead atoms. The Morgan fingerprint density at radius 1 is 0.968 bits per heavy atom. The number of aromatic nitrogens is 3. The lowest BCUT2D eigenvalue weighted by Gasteiger charge is -2.34. The lowest BCUT2D eigenvalue weighted by molar-refractivity contribution is 0.313. The molecule has 5 nitrogen and oxygen atoms in total. The third-order valence-electron chi connectivity index (χ3n) is 5.94. The van der Waals surface area contributed by atoms with Crippen molar-refractivity contribution in [3.63, 3.8) is 0 Å². The molecule has 1 saturated heterocycles. The van der Waals surface area contributed by atoms with Gasteiger partial charge in [-0.05, 0) is 49.4 Å². The average molecular weight is 436 g/mol. The molecule has 5 rings (SSSR count). The largest absolute Gasteiger partial charge is 0.369 e. The molecule has 1 aliphatic heterocycles. The number of halogens is 2. The Labute approximate surface area is 185 Å². The Bertz CT molecular complexity index is 1260. The lowest BCUT2D eigenvalue weighted by atomic mass is 10.1. The van der Waals surface area contributed by atoms with Gasteiger partial charge in [0, 0.05) is 54.9 Å². The summed E-state index contributed by atoms with van der Waals surface area (Å²) in [5.74, 6) is -0.432. The molecule has 0 N–H and O–H groups in total. The molecule has 0 spiro atoms. The summed E-state index contributed by atoms with van der Waals surface area (Å²) in [5, 5.41) is 4.64. The molecular weight excluding hydrogens is 413 g/mol. The van der Waals surface area contributed by atoms with E-state index < -0.39 is 5.82 Å². The van der Waals surface area contributed by atoms with Gasteiger partial charge in [-0.25, -0.2) is 13.9 Å². The van der Waals surface area contributed by atoms with Gasteiger partial charge in [-0.1, -0.05) is 29.8 Å². The second-order valence-electron chi connectivity index (χ2n) is 8.04. The molecule has 1 aliphatic rings. The van der Waals surface area contributed by atoms with E-state index in [9.17, 15) is 4.39 Å². The van der Waals surface area contributed by atoms with Crippen molar-refractivity contribution in [1.29, 1.82) is 0 Å². The first kappa shape index (κ1) is 20.0. The maximum atomic E-state index is 13.6. The van der Waals surface area contributed by atoms with E-state index in [0.29, 0.717) is 0 Å². The van der Waals surface area contributed by atoms with Gasteiger partial charge in [0.15, 0.2) is 5.65 Å². The van der Waals surface area contributed by atoms with E-state index in [1.165, 1.54) is 11.8 Å². The van der Waals surface area contributed by atoms with Crippen molar-refractivity contribution in [2.75, 3.05) is 38.1 Å². The highest BCUT2D eigenvalue weighted by molar-refractivity contribution is 6.31. The van der Waals surface area contributed by atoms with Crippen molar-refractivity contribution in [1.82, 2.24) is 19.5 Å². The van der Waals surface area contributed by atoms with Gasteiger partial charge in [-0.2, -0.15) is 5.10 Å². The summed E-state index contributed by atoms with van der Waals surface area (Å²) in [7, 11) is 2.16. The van der Waals surface area contributed by atoms with Crippen molar-refractivity contribution < 1.29 is 4.39 Å². The zero-order valence-corrected chi connectivity index (χ0v) is 18.3. The van der Waals surface area contributed by atoms with E-state index in [1.54, 1.807) is 16.6 Å². The number of benzene rings is 2. The van der Waals surface area contributed by atoms with Gasteiger partial charge < -0.3 is 9.80 Å². The minimum absolute atomic E-state index is 0.0962. The molecule has 0 amide bonds. The molecule has 2 aromatic heterocycles. The number of hydrogen-bond donors (Lipinski definition) is 0. The molecule has 0 radical (unpaired) electrons. The summed E-state index contributed by atoms with van der Waals surface area (Å²) < 4.78 is 15.3. The summed E-state index contributed by atoms with van der Waals surface area (Å²) in [4.78, 5) is 9.61. The normalized spacial score (nSPS) is 15.0. The first-order valence-corrected chi connectivity index (χ1v) is 10.7. The third kappa shape index (κ3) is 3.77. The van der Waals surface area contributed by atoms with Crippen LogP contribution in [0.15, 0.2) is 54.9 Å². The van der Waals surface area contributed by atoms with Gasteiger partial charge in [0.05, 0.1) is 11.2 Å². The Hall–Kier alpha value is -2.96. The van der Waals surface area contributed by atoms with Crippen LogP contribution >= 0.6 is 11.6 Å². The number of fused-ring (bicyclic) bond motifs is 1.